The highest BCUT2D eigenvalue weighted by Gasteiger charge is 2.10. The average molecular weight is 301 g/mol. The van der Waals surface area contributed by atoms with E-state index in [-0.39, 0.29) is 5.91 Å². The average Bonchev–Trinajstić information content (AvgIpc) is 3.00. The van der Waals surface area contributed by atoms with Crippen LogP contribution in [0.2, 0.25) is 5.02 Å². The van der Waals surface area contributed by atoms with Crippen LogP contribution in [-0.4, -0.2) is 27.0 Å². The molecular formula is C15H13ClN4O. The summed E-state index contributed by atoms with van der Waals surface area (Å²) in [6.45, 7) is 1.16. The van der Waals surface area contributed by atoms with Gasteiger partial charge in [0.1, 0.15) is 5.69 Å². The van der Waals surface area contributed by atoms with Crippen LogP contribution in [0.3, 0.4) is 0 Å². The molecule has 0 fully saturated rings. The van der Waals surface area contributed by atoms with Crippen LogP contribution in [0.5, 0.6) is 0 Å². The van der Waals surface area contributed by atoms with Crippen LogP contribution < -0.4 is 5.32 Å². The number of benzene rings is 1. The Labute approximate surface area is 126 Å². The zero-order chi connectivity index (χ0) is 14.7. The van der Waals surface area contributed by atoms with E-state index in [2.05, 4.69) is 15.3 Å². The molecule has 0 spiro atoms. The Morgan fingerprint density at radius 3 is 3.00 bits per heavy atom. The van der Waals surface area contributed by atoms with E-state index in [0.29, 0.717) is 29.3 Å². The summed E-state index contributed by atoms with van der Waals surface area (Å²) >= 11 is 6.19. The predicted octanol–water partition coefficient (Wildman–Crippen LogP) is 2.51. The molecule has 0 aliphatic carbocycles. The van der Waals surface area contributed by atoms with Crippen molar-refractivity contribution < 1.29 is 4.79 Å². The van der Waals surface area contributed by atoms with Gasteiger partial charge in [0.05, 0.1) is 16.9 Å². The van der Waals surface area contributed by atoms with Crippen molar-refractivity contribution in [3.63, 3.8) is 0 Å². The fraction of sp³-hybridized carbons (Fsp3) is 0.133. The Balaban J connectivity index is 1.72. The smallest absolute Gasteiger partial charge is 0.270 e. The largest absolute Gasteiger partial charge is 0.349 e. The Morgan fingerprint density at radius 2 is 2.19 bits per heavy atom. The number of carbonyl (C=O) groups excluding carboxylic acids is 1. The highest BCUT2D eigenvalue weighted by Crippen LogP contribution is 2.22. The van der Waals surface area contributed by atoms with Crippen molar-refractivity contribution in [3.8, 4) is 0 Å². The lowest BCUT2D eigenvalue weighted by molar-refractivity contribution is 0.0947. The molecule has 0 aliphatic rings. The standard InChI is InChI=1S/C15H13ClN4O/c16-12-9-14(19-13-4-2-1-3-11(12)13)15(21)18-6-8-20-7-5-17-10-20/h1-5,7,9-10H,6,8H2,(H,18,21). The number of para-hydroxylation sites is 1. The Kier molecular flexibility index (Phi) is 3.83. The van der Waals surface area contributed by atoms with E-state index in [9.17, 15) is 4.79 Å². The molecule has 1 amide bonds. The van der Waals surface area contributed by atoms with E-state index in [4.69, 9.17) is 11.6 Å². The monoisotopic (exact) mass is 300 g/mol. The summed E-state index contributed by atoms with van der Waals surface area (Å²) in [6, 6.07) is 9.07. The van der Waals surface area contributed by atoms with Gasteiger partial charge < -0.3 is 9.88 Å². The number of hydrogen-bond acceptors (Lipinski definition) is 3. The summed E-state index contributed by atoms with van der Waals surface area (Å²) in [5, 5.41) is 4.19. The number of hydrogen-bond donors (Lipinski definition) is 1. The van der Waals surface area contributed by atoms with Gasteiger partial charge in [0.25, 0.3) is 5.91 Å². The molecule has 1 N–H and O–H groups in total. The number of carbonyl (C=O) groups is 1. The number of halogens is 1. The highest BCUT2D eigenvalue weighted by molar-refractivity contribution is 6.35. The fourth-order valence-corrected chi connectivity index (χ4v) is 2.32. The summed E-state index contributed by atoms with van der Waals surface area (Å²) < 4.78 is 1.89. The molecule has 0 unspecified atom stereocenters. The van der Waals surface area contributed by atoms with E-state index in [0.717, 1.165) is 5.39 Å². The number of fused-ring (bicyclic) bond motifs is 1. The highest BCUT2D eigenvalue weighted by atomic mass is 35.5. The molecule has 6 heteroatoms. The van der Waals surface area contributed by atoms with Crippen LogP contribution >= 0.6 is 11.6 Å². The van der Waals surface area contributed by atoms with Crippen LogP contribution in [-0.2, 0) is 6.54 Å². The van der Waals surface area contributed by atoms with Crippen molar-refractivity contribution in [1.82, 2.24) is 19.9 Å². The van der Waals surface area contributed by atoms with Gasteiger partial charge in [0, 0.05) is 30.9 Å². The molecule has 3 aromatic rings. The number of aromatic nitrogens is 3. The second-order valence-electron chi connectivity index (χ2n) is 4.56. The first-order valence-corrected chi connectivity index (χ1v) is 6.91. The summed E-state index contributed by atoms with van der Waals surface area (Å²) in [5.41, 5.74) is 1.04. The minimum atomic E-state index is -0.234. The van der Waals surface area contributed by atoms with Crippen LogP contribution in [0.15, 0.2) is 49.1 Å². The molecule has 2 aromatic heterocycles. The van der Waals surface area contributed by atoms with Crippen molar-refractivity contribution in [2.45, 2.75) is 6.54 Å². The third-order valence-corrected chi connectivity index (χ3v) is 3.43. The molecule has 21 heavy (non-hydrogen) atoms. The lowest BCUT2D eigenvalue weighted by atomic mass is 10.2. The Hall–Kier alpha value is -2.40. The van der Waals surface area contributed by atoms with E-state index in [1.165, 1.54) is 0 Å². The van der Waals surface area contributed by atoms with Crippen molar-refractivity contribution in [1.29, 1.82) is 0 Å². The molecule has 1 aromatic carbocycles. The third kappa shape index (κ3) is 3.03. The van der Waals surface area contributed by atoms with Gasteiger partial charge in [-0.05, 0) is 12.1 Å². The van der Waals surface area contributed by atoms with Gasteiger partial charge in [0.15, 0.2) is 0 Å². The normalized spacial score (nSPS) is 10.7. The quantitative estimate of drug-likeness (QED) is 0.805. The molecule has 106 valence electrons. The van der Waals surface area contributed by atoms with E-state index >= 15 is 0 Å². The van der Waals surface area contributed by atoms with Crippen molar-refractivity contribution in [2.24, 2.45) is 0 Å². The summed E-state index contributed by atoms with van der Waals surface area (Å²) in [5.74, 6) is -0.234. The number of pyridine rings is 1. The number of rotatable bonds is 4. The summed E-state index contributed by atoms with van der Waals surface area (Å²) in [4.78, 5) is 20.4. The van der Waals surface area contributed by atoms with Gasteiger partial charge in [0.2, 0.25) is 0 Å². The molecule has 0 saturated carbocycles. The first-order chi connectivity index (χ1) is 10.2. The zero-order valence-corrected chi connectivity index (χ0v) is 11.9. The van der Waals surface area contributed by atoms with E-state index in [1.807, 2.05) is 35.0 Å². The Bertz CT molecular complexity index is 770. The molecule has 0 bridgehead atoms. The molecule has 0 aliphatic heterocycles. The molecule has 2 heterocycles. The second kappa shape index (κ2) is 5.93. The first kappa shape index (κ1) is 13.6. The minimum Gasteiger partial charge on any atom is -0.349 e. The molecular weight excluding hydrogens is 288 g/mol. The fourth-order valence-electron chi connectivity index (χ4n) is 2.06. The second-order valence-corrected chi connectivity index (χ2v) is 4.97. The van der Waals surface area contributed by atoms with Crippen molar-refractivity contribution >= 4 is 28.4 Å². The lowest BCUT2D eigenvalue weighted by Gasteiger charge is -2.07. The van der Waals surface area contributed by atoms with Crippen molar-refractivity contribution in [2.75, 3.05) is 6.54 Å². The van der Waals surface area contributed by atoms with Gasteiger partial charge in [-0.15, -0.1) is 0 Å². The van der Waals surface area contributed by atoms with Crippen LogP contribution in [0.1, 0.15) is 10.5 Å². The maximum Gasteiger partial charge on any atom is 0.270 e. The van der Waals surface area contributed by atoms with Crippen LogP contribution in [0.25, 0.3) is 10.9 Å². The zero-order valence-electron chi connectivity index (χ0n) is 11.2. The molecule has 0 saturated heterocycles. The van der Waals surface area contributed by atoms with Gasteiger partial charge >= 0.3 is 0 Å². The van der Waals surface area contributed by atoms with Crippen molar-refractivity contribution in [3.05, 3.63) is 59.8 Å². The SMILES string of the molecule is O=C(NCCn1ccnc1)c1cc(Cl)c2ccccc2n1. The first-order valence-electron chi connectivity index (χ1n) is 6.53. The number of nitrogens with one attached hydrogen (secondary N) is 1. The van der Waals surface area contributed by atoms with Crippen LogP contribution in [0.4, 0.5) is 0 Å². The number of amides is 1. The summed E-state index contributed by atoms with van der Waals surface area (Å²) in [7, 11) is 0. The van der Waals surface area contributed by atoms with Crippen LogP contribution in [0, 0.1) is 0 Å². The maximum absolute atomic E-state index is 12.1. The third-order valence-electron chi connectivity index (χ3n) is 3.11. The van der Waals surface area contributed by atoms with Gasteiger partial charge in [-0.25, -0.2) is 9.97 Å². The molecule has 3 rings (SSSR count). The topological polar surface area (TPSA) is 59.8 Å². The molecule has 0 atom stereocenters. The van der Waals surface area contributed by atoms with Gasteiger partial charge in [-0.2, -0.15) is 0 Å². The van der Waals surface area contributed by atoms with E-state index < -0.39 is 0 Å². The lowest BCUT2D eigenvalue weighted by Crippen LogP contribution is -2.27. The Morgan fingerprint density at radius 1 is 1.33 bits per heavy atom. The predicted molar refractivity (Wildman–Crippen MR) is 81.3 cm³/mol. The van der Waals surface area contributed by atoms with E-state index in [1.54, 1.807) is 18.6 Å². The van der Waals surface area contributed by atoms with Gasteiger partial charge in [-0.3, -0.25) is 4.79 Å². The molecule has 5 nitrogen and oxygen atoms in total. The molecule has 0 radical (unpaired) electrons. The maximum atomic E-state index is 12.1. The van der Waals surface area contributed by atoms with Gasteiger partial charge in [-0.1, -0.05) is 29.8 Å². The minimum absolute atomic E-state index is 0.234. The summed E-state index contributed by atoms with van der Waals surface area (Å²) in [6.07, 6.45) is 5.25. The number of nitrogens with zero attached hydrogens (tertiary/aromatic N) is 3. The number of imidazole rings is 1.